The molecule has 0 saturated carbocycles. The average Bonchev–Trinajstić information content (AvgIpc) is 2.53. The van der Waals surface area contributed by atoms with Crippen LogP contribution in [0.1, 0.15) is 13.3 Å². The maximum absolute atomic E-state index is 9.59. The molecule has 2 rings (SSSR count). The van der Waals surface area contributed by atoms with Crippen molar-refractivity contribution >= 4 is 11.6 Å². The van der Waals surface area contributed by atoms with Gasteiger partial charge in [-0.1, -0.05) is 37.3 Å². The number of rotatable bonds is 6. The van der Waals surface area contributed by atoms with E-state index in [9.17, 15) is 5.11 Å². The summed E-state index contributed by atoms with van der Waals surface area (Å²) in [4.78, 5) is 8.75. The molecule has 2 aromatic rings. The van der Waals surface area contributed by atoms with Crippen LogP contribution in [-0.4, -0.2) is 27.7 Å². The third-order valence-corrected chi connectivity index (χ3v) is 2.90. The van der Waals surface area contributed by atoms with E-state index < -0.39 is 6.10 Å². The molecule has 1 aromatic heterocycles. The van der Waals surface area contributed by atoms with Crippen LogP contribution in [0.4, 0.5) is 11.6 Å². The fourth-order valence-corrected chi connectivity index (χ4v) is 1.69. The minimum absolute atomic E-state index is 0.403. The van der Waals surface area contributed by atoms with Gasteiger partial charge in [0, 0.05) is 18.2 Å². The van der Waals surface area contributed by atoms with E-state index in [1.54, 1.807) is 6.07 Å². The first kappa shape index (κ1) is 14.2. The van der Waals surface area contributed by atoms with Crippen LogP contribution in [0.2, 0.25) is 0 Å². The fourth-order valence-electron chi connectivity index (χ4n) is 1.69. The normalized spacial score (nSPS) is 11.9. The SMILES string of the molecule is CCC(O)CNc1cc(NN)nc(-c2ccccc2)n1. The quantitative estimate of drug-likeness (QED) is 0.472. The van der Waals surface area contributed by atoms with Gasteiger partial charge in [0.15, 0.2) is 5.82 Å². The summed E-state index contributed by atoms with van der Waals surface area (Å²) in [7, 11) is 0. The van der Waals surface area contributed by atoms with Crippen molar-refractivity contribution in [2.75, 3.05) is 17.3 Å². The van der Waals surface area contributed by atoms with E-state index in [2.05, 4.69) is 20.7 Å². The van der Waals surface area contributed by atoms with Crippen molar-refractivity contribution in [3.05, 3.63) is 36.4 Å². The van der Waals surface area contributed by atoms with Crippen molar-refractivity contribution in [3.63, 3.8) is 0 Å². The number of hydrogen-bond donors (Lipinski definition) is 4. The van der Waals surface area contributed by atoms with Gasteiger partial charge in [-0.2, -0.15) is 0 Å². The molecular formula is C14H19N5O. The topological polar surface area (TPSA) is 96.1 Å². The van der Waals surface area contributed by atoms with Gasteiger partial charge in [-0.3, -0.25) is 0 Å². The number of hydrazine groups is 1. The summed E-state index contributed by atoms with van der Waals surface area (Å²) in [6, 6.07) is 11.4. The predicted octanol–water partition coefficient (Wildman–Crippen LogP) is 1.61. The lowest BCUT2D eigenvalue weighted by Gasteiger charge is -2.12. The Morgan fingerprint density at radius 1 is 1.20 bits per heavy atom. The standard InChI is InChI=1S/C14H19N5O/c1-2-11(20)9-16-12-8-13(19-15)18-14(17-12)10-6-4-3-5-7-10/h3-8,11,20H,2,9,15H2,1H3,(H2,16,17,18,19). The molecule has 6 heteroatoms. The lowest BCUT2D eigenvalue weighted by molar-refractivity contribution is 0.183. The zero-order valence-corrected chi connectivity index (χ0v) is 11.4. The summed E-state index contributed by atoms with van der Waals surface area (Å²) >= 11 is 0. The smallest absolute Gasteiger partial charge is 0.163 e. The van der Waals surface area contributed by atoms with E-state index in [0.29, 0.717) is 30.4 Å². The highest BCUT2D eigenvalue weighted by Gasteiger charge is 2.07. The number of nitrogens with two attached hydrogens (primary N) is 1. The first-order valence-corrected chi connectivity index (χ1v) is 6.56. The molecule has 0 bridgehead atoms. The van der Waals surface area contributed by atoms with E-state index in [1.165, 1.54) is 0 Å². The highest BCUT2D eigenvalue weighted by atomic mass is 16.3. The van der Waals surface area contributed by atoms with E-state index >= 15 is 0 Å². The second-order valence-corrected chi connectivity index (χ2v) is 4.42. The van der Waals surface area contributed by atoms with Crippen molar-refractivity contribution < 1.29 is 5.11 Å². The summed E-state index contributed by atoms with van der Waals surface area (Å²) in [6.07, 6.45) is 0.283. The minimum atomic E-state index is -0.403. The van der Waals surface area contributed by atoms with Gasteiger partial charge in [0.25, 0.3) is 0 Å². The van der Waals surface area contributed by atoms with Crippen LogP contribution in [0.5, 0.6) is 0 Å². The summed E-state index contributed by atoms with van der Waals surface area (Å²) in [5.41, 5.74) is 3.43. The van der Waals surface area contributed by atoms with Crippen LogP contribution < -0.4 is 16.6 Å². The lowest BCUT2D eigenvalue weighted by Crippen LogP contribution is -2.19. The number of nitrogens with one attached hydrogen (secondary N) is 2. The van der Waals surface area contributed by atoms with E-state index in [1.807, 2.05) is 37.3 Å². The molecule has 1 unspecified atom stereocenters. The summed E-state index contributed by atoms with van der Waals surface area (Å²) in [5.74, 6) is 7.15. The zero-order valence-electron chi connectivity index (χ0n) is 11.4. The Hall–Kier alpha value is -2.18. The van der Waals surface area contributed by atoms with Gasteiger partial charge in [-0.15, -0.1) is 0 Å². The van der Waals surface area contributed by atoms with Crippen molar-refractivity contribution in [2.24, 2.45) is 5.84 Å². The summed E-state index contributed by atoms with van der Waals surface area (Å²) < 4.78 is 0. The first-order chi connectivity index (χ1) is 9.72. The number of nitrogen functional groups attached to an aromatic ring is 1. The monoisotopic (exact) mass is 273 g/mol. The van der Waals surface area contributed by atoms with Crippen LogP contribution in [0.3, 0.4) is 0 Å². The minimum Gasteiger partial charge on any atom is -0.391 e. The van der Waals surface area contributed by atoms with Crippen molar-refractivity contribution in [1.29, 1.82) is 0 Å². The van der Waals surface area contributed by atoms with Gasteiger partial charge >= 0.3 is 0 Å². The van der Waals surface area contributed by atoms with Gasteiger partial charge in [0.1, 0.15) is 11.6 Å². The molecule has 0 radical (unpaired) electrons. The summed E-state index contributed by atoms with van der Waals surface area (Å²) in [6.45, 7) is 2.36. The Kier molecular flexibility index (Phi) is 4.86. The van der Waals surface area contributed by atoms with Gasteiger partial charge in [-0.25, -0.2) is 15.8 Å². The molecule has 1 aromatic carbocycles. The van der Waals surface area contributed by atoms with Crippen LogP contribution in [0.25, 0.3) is 11.4 Å². The number of aliphatic hydroxyl groups is 1. The number of anilines is 2. The maximum atomic E-state index is 9.59. The van der Waals surface area contributed by atoms with Crippen molar-refractivity contribution in [2.45, 2.75) is 19.4 Å². The van der Waals surface area contributed by atoms with Crippen molar-refractivity contribution in [3.8, 4) is 11.4 Å². The van der Waals surface area contributed by atoms with Crippen LogP contribution in [0, 0.1) is 0 Å². The van der Waals surface area contributed by atoms with Crippen molar-refractivity contribution in [1.82, 2.24) is 9.97 Å². The number of nitrogens with zero attached hydrogens (tertiary/aromatic N) is 2. The summed E-state index contributed by atoms with van der Waals surface area (Å²) in [5, 5.41) is 12.7. The van der Waals surface area contributed by atoms with Crippen LogP contribution in [0.15, 0.2) is 36.4 Å². The van der Waals surface area contributed by atoms with Gasteiger partial charge in [-0.05, 0) is 6.42 Å². The molecule has 5 N–H and O–H groups in total. The molecule has 1 heterocycles. The molecule has 20 heavy (non-hydrogen) atoms. The van der Waals surface area contributed by atoms with E-state index in [-0.39, 0.29) is 0 Å². The molecule has 1 atom stereocenters. The average molecular weight is 273 g/mol. The van der Waals surface area contributed by atoms with Gasteiger partial charge in [0.2, 0.25) is 0 Å². The van der Waals surface area contributed by atoms with Crippen LogP contribution >= 0.6 is 0 Å². The lowest BCUT2D eigenvalue weighted by atomic mass is 10.2. The number of aliphatic hydroxyl groups excluding tert-OH is 1. The van der Waals surface area contributed by atoms with Gasteiger partial charge in [0.05, 0.1) is 6.10 Å². The Bertz CT molecular complexity index is 547. The fraction of sp³-hybridized carbons (Fsp3) is 0.286. The van der Waals surface area contributed by atoms with E-state index in [4.69, 9.17) is 5.84 Å². The maximum Gasteiger partial charge on any atom is 0.163 e. The van der Waals surface area contributed by atoms with Gasteiger partial charge < -0.3 is 15.8 Å². The Morgan fingerprint density at radius 2 is 1.90 bits per heavy atom. The van der Waals surface area contributed by atoms with Crippen LogP contribution in [-0.2, 0) is 0 Å². The molecule has 6 nitrogen and oxygen atoms in total. The molecule has 0 amide bonds. The third kappa shape index (κ3) is 3.66. The molecule has 0 aliphatic carbocycles. The molecular weight excluding hydrogens is 254 g/mol. The Morgan fingerprint density at radius 3 is 2.55 bits per heavy atom. The molecule has 0 fully saturated rings. The molecule has 0 aliphatic heterocycles. The highest BCUT2D eigenvalue weighted by molar-refractivity contribution is 5.60. The predicted molar refractivity (Wildman–Crippen MR) is 80.1 cm³/mol. The van der Waals surface area contributed by atoms with E-state index in [0.717, 1.165) is 5.56 Å². The zero-order chi connectivity index (χ0) is 14.4. The number of aromatic nitrogens is 2. The Balaban J connectivity index is 2.25. The highest BCUT2D eigenvalue weighted by Crippen LogP contribution is 2.19. The molecule has 0 saturated heterocycles. The number of benzene rings is 1. The molecule has 106 valence electrons. The second kappa shape index (κ2) is 6.83. The largest absolute Gasteiger partial charge is 0.391 e. The molecule has 0 spiro atoms. The molecule has 0 aliphatic rings. The Labute approximate surface area is 118 Å². The number of hydrogen-bond acceptors (Lipinski definition) is 6. The third-order valence-electron chi connectivity index (χ3n) is 2.90. The second-order valence-electron chi connectivity index (χ2n) is 4.42. The first-order valence-electron chi connectivity index (χ1n) is 6.56.